The molecule has 0 radical (unpaired) electrons. The SMILES string of the molecule is COc1ccc(C2(C#N)CCC[C@@H](CO)C2)cc1OC1CCCC1. The molecular weight excluding hydrogens is 302 g/mol. The van der Waals surface area contributed by atoms with Crippen LogP contribution in [0.15, 0.2) is 18.2 Å². The summed E-state index contributed by atoms with van der Waals surface area (Å²) in [6, 6.07) is 8.46. The van der Waals surface area contributed by atoms with Crippen LogP contribution >= 0.6 is 0 Å². The summed E-state index contributed by atoms with van der Waals surface area (Å²) in [6.45, 7) is 0.158. The van der Waals surface area contributed by atoms with Gasteiger partial charge in [0.05, 0.1) is 24.7 Å². The molecule has 2 aliphatic rings. The molecule has 130 valence electrons. The van der Waals surface area contributed by atoms with Crippen LogP contribution in [0.2, 0.25) is 0 Å². The summed E-state index contributed by atoms with van der Waals surface area (Å²) in [5, 5.41) is 19.4. The number of aliphatic hydroxyl groups excluding tert-OH is 1. The van der Waals surface area contributed by atoms with E-state index < -0.39 is 5.41 Å². The van der Waals surface area contributed by atoms with E-state index in [2.05, 4.69) is 6.07 Å². The zero-order chi connectivity index (χ0) is 17.0. The van der Waals surface area contributed by atoms with Crippen molar-refractivity contribution in [2.45, 2.75) is 62.9 Å². The molecule has 1 unspecified atom stereocenters. The summed E-state index contributed by atoms with van der Waals surface area (Å²) in [4.78, 5) is 0. The number of hydrogen-bond donors (Lipinski definition) is 1. The molecule has 2 atom stereocenters. The van der Waals surface area contributed by atoms with Crippen molar-refractivity contribution >= 4 is 0 Å². The van der Waals surface area contributed by atoms with Crippen molar-refractivity contribution in [1.82, 2.24) is 0 Å². The first-order valence-corrected chi connectivity index (χ1v) is 9.08. The van der Waals surface area contributed by atoms with Crippen LogP contribution < -0.4 is 9.47 Å². The standard InChI is InChI=1S/C20H27NO3/c1-23-18-9-8-16(11-19(18)24-17-6-2-3-7-17)20(14-21)10-4-5-15(12-20)13-22/h8-9,11,15,17,22H,2-7,10,12-13H2,1H3/t15-,20?/m1/s1. The molecule has 0 saturated heterocycles. The Bertz CT molecular complexity index is 603. The van der Waals surface area contributed by atoms with Crippen LogP contribution in [0.4, 0.5) is 0 Å². The van der Waals surface area contributed by atoms with Crippen LogP contribution in [-0.4, -0.2) is 24.9 Å². The predicted molar refractivity (Wildman–Crippen MR) is 92.2 cm³/mol. The number of rotatable bonds is 5. The third-order valence-corrected chi connectivity index (χ3v) is 5.64. The smallest absolute Gasteiger partial charge is 0.161 e. The van der Waals surface area contributed by atoms with Crippen LogP contribution in [0, 0.1) is 17.2 Å². The van der Waals surface area contributed by atoms with Crippen molar-refractivity contribution in [2.75, 3.05) is 13.7 Å². The van der Waals surface area contributed by atoms with E-state index >= 15 is 0 Å². The summed E-state index contributed by atoms with van der Waals surface area (Å²) in [7, 11) is 1.65. The number of nitriles is 1. The van der Waals surface area contributed by atoms with Crippen molar-refractivity contribution < 1.29 is 14.6 Å². The first kappa shape index (κ1) is 17.1. The van der Waals surface area contributed by atoms with E-state index in [1.54, 1.807) is 7.11 Å². The Labute approximate surface area is 144 Å². The van der Waals surface area contributed by atoms with Gasteiger partial charge in [-0.3, -0.25) is 0 Å². The van der Waals surface area contributed by atoms with Crippen molar-refractivity contribution in [3.05, 3.63) is 23.8 Å². The van der Waals surface area contributed by atoms with Crippen LogP contribution in [0.1, 0.15) is 56.9 Å². The van der Waals surface area contributed by atoms with Gasteiger partial charge in [-0.2, -0.15) is 5.26 Å². The summed E-state index contributed by atoms with van der Waals surface area (Å²) in [5.74, 6) is 1.69. The number of benzene rings is 1. The molecule has 0 aliphatic heterocycles. The van der Waals surface area contributed by atoms with Gasteiger partial charge in [-0.25, -0.2) is 0 Å². The topological polar surface area (TPSA) is 62.5 Å². The van der Waals surface area contributed by atoms with E-state index in [0.717, 1.165) is 55.6 Å². The first-order chi connectivity index (χ1) is 11.7. The lowest BCUT2D eigenvalue weighted by atomic mass is 9.67. The largest absolute Gasteiger partial charge is 0.493 e. The molecule has 1 aromatic rings. The minimum absolute atomic E-state index is 0.158. The second-order valence-corrected chi connectivity index (χ2v) is 7.23. The molecule has 2 aliphatic carbocycles. The molecule has 0 heterocycles. The van der Waals surface area contributed by atoms with E-state index in [9.17, 15) is 10.4 Å². The number of nitrogens with zero attached hydrogens (tertiary/aromatic N) is 1. The third-order valence-electron chi connectivity index (χ3n) is 5.64. The highest BCUT2D eigenvalue weighted by Crippen LogP contribution is 2.44. The monoisotopic (exact) mass is 329 g/mol. The van der Waals surface area contributed by atoms with Gasteiger partial charge < -0.3 is 14.6 Å². The average Bonchev–Trinajstić information content (AvgIpc) is 3.14. The molecule has 4 nitrogen and oxygen atoms in total. The van der Waals surface area contributed by atoms with Gasteiger partial charge in [0.2, 0.25) is 0 Å². The minimum atomic E-state index is -0.522. The Morgan fingerprint density at radius 2 is 2.00 bits per heavy atom. The summed E-state index contributed by atoms with van der Waals surface area (Å²) in [6.07, 6.45) is 8.39. The van der Waals surface area contributed by atoms with E-state index in [-0.39, 0.29) is 18.6 Å². The molecule has 0 spiro atoms. The lowest BCUT2D eigenvalue weighted by Crippen LogP contribution is -2.33. The highest BCUT2D eigenvalue weighted by molar-refractivity contribution is 5.47. The molecule has 0 bridgehead atoms. The highest BCUT2D eigenvalue weighted by atomic mass is 16.5. The van der Waals surface area contributed by atoms with Crippen molar-refractivity contribution in [2.24, 2.45) is 5.92 Å². The van der Waals surface area contributed by atoms with Gasteiger partial charge in [-0.05, 0) is 68.6 Å². The molecular formula is C20H27NO3. The van der Waals surface area contributed by atoms with E-state index in [1.165, 1.54) is 12.8 Å². The molecule has 0 amide bonds. The first-order valence-electron chi connectivity index (χ1n) is 9.08. The zero-order valence-corrected chi connectivity index (χ0v) is 14.5. The maximum Gasteiger partial charge on any atom is 0.161 e. The molecule has 24 heavy (non-hydrogen) atoms. The minimum Gasteiger partial charge on any atom is -0.493 e. The van der Waals surface area contributed by atoms with Gasteiger partial charge >= 0.3 is 0 Å². The molecule has 0 aromatic heterocycles. The molecule has 3 rings (SSSR count). The van der Waals surface area contributed by atoms with Crippen LogP contribution in [-0.2, 0) is 5.41 Å². The second-order valence-electron chi connectivity index (χ2n) is 7.23. The Morgan fingerprint density at radius 1 is 1.21 bits per heavy atom. The third kappa shape index (κ3) is 3.37. The number of hydrogen-bond acceptors (Lipinski definition) is 4. The Balaban J connectivity index is 1.90. The quantitative estimate of drug-likeness (QED) is 0.888. The van der Waals surface area contributed by atoms with Crippen molar-refractivity contribution in [3.8, 4) is 17.6 Å². The predicted octanol–water partition coefficient (Wildman–Crippen LogP) is 3.96. The van der Waals surface area contributed by atoms with Crippen LogP contribution in [0.25, 0.3) is 0 Å². The molecule has 2 fully saturated rings. The van der Waals surface area contributed by atoms with E-state index in [1.807, 2.05) is 18.2 Å². The van der Waals surface area contributed by atoms with E-state index in [4.69, 9.17) is 9.47 Å². The molecule has 1 N–H and O–H groups in total. The number of ether oxygens (including phenoxy) is 2. The van der Waals surface area contributed by atoms with Gasteiger partial charge in [-0.15, -0.1) is 0 Å². The normalized spacial score (nSPS) is 27.6. The second kappa shape index (κ2) is 7.44. The summed E-state index contributed by atoms with van der Waals surface area (Å²) >= 11 is 0. The highest BCUT2D eigenvalue weighted by Gasteiger charge is 2.38. The maximum atomic E-state index is 9.91. The Kier molecular flexibility index (Phi) is 5.30. The van der Waals surface area contributed by atoms with Gasteiger partial charge in [-0.1, -0.05) is 12.5 Å². The number of aliphatic hydroxyl groups is 1. The van der Waals surface area contributed by atoms with Crippen LogP contribution in [0.5, 0.6) is 11.5 Å². The fraction of sp³-hybridized carbons (Fsp3) is 0.650. The Morgan fingerprint density at radius 3 is 2.67 bits per heavy atom. The molecule has 4 heteroatoms. The lowest BCUT2D eigenvalue weighted by molar-refractivity contribution is 0.161. The lowest BCUT2D eigenvalue weighted by Gasteiger charge is -2.35. The molecule has 2 saturated carbocycles. The van der Waals surface area contributed by atoms with Gasteiger partial charge in [0.15, 0.2) is 11.5 Å². The van der Waals surface area contributed by atoms with Gasteiger partial charge in [0.1, 0.15) is 0 Å². The van der Waals surface area contributed by atoms with Gasteiger partial charge in [0, 0.05) is 6.61 Å². The average molecular weight is 329 g/mol. The zero-order valence-electron chi connectivity index (χ0n) is 14.5. The van der Waals surface area contributed by atoms with Crippen LogP contribution in [0.3, 0.4) is 0 Å². The summed E-state index contributed by atoms with van der Waals surface area (Å²) < 4.78 is 11.6. The Hall–Kier alpha value is -1.73. The van der Waals surface area contributed by atoms with Gasteiger partial charge in [0.25, 0.3) is 0 Å². The fourth-order valence-electron chi connectivity index (χ4n) is 4.23. The summed E-state index contributed by atoms with van der Waals surface area (Å²) in [5.41, 5.74) is 0.475. The maximum absolute atomic E-state index is 9.91. The van der Waals surface area contributed by atoms with E-state index in [0.29, 0.717) is 0 Å². The van der Waals surface area contributed by atoms with Crippen molar-refractivity contribution in [1.29, 1.82) is 5.26 Å². The molecule has 1 aromatic carbocycles. The van der Waals surface area contributed by atoms with Crippen molar-refractivity contribution in [3.63, 3.8) is 0 Å². The fourth-order valence-corrected chi connectivity index (χ4v) is 4.23. The number of methoxy groups -OCH3 is 1.